The van der Waals surface area contributed by atoms with Gasteiger partial charge in [0.2, 0.25) is 0 Å². The first-order valence-corrected chi connectivity index (χ1v) is 11.0. The summed E-state index contributed by atoms with van der Waals surface area (Å²) in [6.45, 7) is 5.95. The van der Waals surface area contributed by atoms with Crippen molar-refractivity contribution < 1.29 is 23.8 Å². The largest absolute Gasteiger partial charge is 0.482 e. The van der Waals surface area contributed by atoms with Gasteiger partial charge >= 0.3 is 5.97 Å². The number of amides is 1. The van der Waals surface area contributed by atoms with E-state index in [-0.39, 0.29) is 5.69 Å². The third-order valence-corrected chi connectivity index (χ3v) is 5.86. The fraction of sp³-hybridized carbons (Fsp3) is 0.154. The van der Waals surface area contributed by atoms with E-state index in [4.69, 9.17) is 9.84 Å². The van der Waals surface area contributed by atoms with Crippen molar-refractivity contribution in [3.05, 3.63) is 98.8 Å². The van der Waals surface area contributed by atoms with Gasteiger partial charge in [-0.1, -0.05) is 29.8 Å². The Morgan fingerprint density at radius 2 is 1.76 bits per heavy atom. The number of carboxylic acid groups (broad SMARTS) is 1. The number of aromatic carboxylic acids is 1. The van der Waals surface area contributed by atoms with Crippen molar-refractivity contribution in [1.29, 1.82) is 0 Å². The van der Waals surface area contributed by atoms with E-state index in [1.165, 1.54) is 6.07 Å². The van der Waals surface area contributed by atoms with Gasteiger partial charge in [-0.25, -0.2) is 9.18 Å². The van der Waals surface area contributed by atoms with Crippen LogP contribution in [0.4, 0.5) is 10.1 Å². The Hall–Kier alpha value is -3.45. The number of anilines is 1. The highest BCUT2D eigenvalue weighted by Gasteiger charge is 2.30. The maximum atomic E-state index is 14.0. The second kappa shape index (κ2) is 8.48. The summed E-state index contributed by atoms with van der Waals surface area (Å²) in [6.07, 6.45) is 2.02. The van der Waals surface area contributed by atoms with E-state index >= 15 is 0 Å². The molecule has 5 nitrogen and oxygen atoms in total. The highest BCUT2D eigenvalue weighted by Crippen LogP contribution is 2.44. The van der Waals surface area contributed by atoms with Crippen LogP contribution in [0.15, 0.2) is 65.1 Å². The molecule has 0 saturated carbocycles. The SMILES string of the molecule is Cc1ccc(C2=CC(C)(C)Oc3c(Br)cc(C(=O)Nc4ccc(C(=O)O)c(F)c4)cc32)cc1. The van der Waals surface area contributed by atoms with Crippen LogP contribution in [0.3, 0.4) is 0 Å². The molecule has 2 N–H and O–H groups in total. The number of halogens is 2. The molecule has 1 amide bonds. The Morgan fingerprint density at radius 3 is 2.39 bits per heavy atom. The van der Waals surface area contributed by atoms with Crippen LogP contribution in [0.1, 0.15) is 51.3 Å². The molecule has 0 atom stereocenters. The summed E-state index contributed by atoms with van der Waals surface area (Å²) in [6, 6.07) is 14.9. The highest BCUT2D eigenvalue weighted by molar-refractivity contribution is 9.10. The van der Waals surface area contributed by atoms with Crippen molar-refractivity contribution in [2.75, 3.05) is 5.32 Å². The number of carbonyl (C=O) groups excluding carboxylic acids is 1. The second-order valence-corrected chi connectivity index (χ2v) is 9.27. The van der Waals surface area contributed by atoms with E-state index in [1.54, 1.807) is 12.1 Å². The third-order valence-electron chi connectivity index (χ3n) is 5.27. The number of hydrogen-bond donors (Lipinski definition) is 2. The molecule has 0 bridgehead atoms. The number of rotatable bonds is 4. The van der Waals surface area contributed by atoms with Gasteiger partial charge in [0.05, 0.1) is 10.0 Å². The quantitative estimate of drug-likeness (QED) is 0.423. The molecule has 7 heteroatoms. The lowest BCUT2D eigenvalue weighted by Crippen LogP contribution is -2.29. The lowest BCUT2D eigenvalue weighted by molar-refractivity contribution is 0.0691. The van der Waals surface area contributed by atoms with E-state index in [0.717, 1.165) is 34.4 Å². The topological polar surface area (TPSA) is 75.6 Å². The number of fused-ring (bicyclic) bond motifs is 1. The molecule has 0 saturated heterocycles. The molecule has 1 aliphatic heterocycles. The first kappa shape index (κ1) is 22.7. The lowest BCUT2D eigenvalue weighted by Gasteiger charge is -2.32. The Kier molecular flexibility index (Phi) is 5.84. The first-order valence-electron chi connectivity index (χ1n) is 10.2. The van der Waals surface area contributed by atoms with Crippen molar-refractivity contribution in [1.82, 2.24) is 0 Å². The molecule has 0 radical (unpaired) electrons. The van der Waals surface area contributed by atoms with Crippen LogP contribution >= 0.6 is 15.9 Å². The smallest absolute Gasteiger partial charge is 0.338 e. The van der Waals surface area contributed by atoms with Gasteiger partial charge in [-0.2, -0.15) is 0 Å². The molecule has 168 valence electrons. The summed E-state index contributed by atoms with van der Waals surface area (Å²) >= 11 is 3.53. The normalized spacial score (nSPS) is 14.0. The highest BCUT2D eigenvalue weighted by atomic mass is 79.9. The van der Waals surface area contributed by atoms with Gasteiger partial charge < -0.3 is 15.2 Å². The zero-order valence-corrected chi connectivity index (χ0v) is 19.8. The molecule has 33 heavy (non-hydrogen) atoms. The van der Waals surface area contributed by atoms with Gasteiger partial charge in [-0.05, 0) is 84.2 Å². The fourth-order valence-corrected chi connectivity index (χ4v) is 4.23. The van der Waals surface area contributed by atoms with Gasteiger partial charge in [-0.15, -0.1) is 0 Å². The number of carbonyl (C=O) groups is 2. The molecule has 0 aromatic heterocycles. The summed E-state index contributed by atoms with van der Waals surface area (Å²) in [4.78, 5) is 24.0. The van der Waals surface area contributed by atoms with Crippen LogP contribution in [0, 0.1) is 12.7 Å². The predicted octanol–water partition coefficient (Wildman–Crippen LogP) is 6.45. The molecular formula is C26H21BrFNO4. The molecule has 1 aliphatic rings. The van der Waals surface area contributed by atoms with Gasteiger partial charge in [0.15, 0.2) is 0 Å². The minimum Gasteiger partial charge on any atom is -0.482 e. The molecule has 1 heterocycles. The van der Waals surface area contributed by atoms with Crippen LogP contribution < -0.4 is 10.1 Å². The van der Waals surface area contributed by atoms with Gasteiger partial charge in [0.1, 0.15) is 17.2 Å². The van der Waals surface area contributed by atoms with Crippen molar-refractivity contribution in [2.24, 2.45) is 0 Å². The summed E-state index contributed by atoms with van der Waals surface area (Å²) in [7, 11) is 0. The maximum Gasteiger partial charge on any atom is 0.338 e. The van der Waals surface area contributed by atoms with Crippen LogP contribution in [-0.4, -0.2) is 22.6 Å². The molecule has 0 fully saturated rings. The fourth-order valence-electron chi connectivity index (χ4n) is 3.69. The third kappa shape index (κ3) is 4.68. The van der Waals surface area contributed by atoms with Crippen LogP contribution in [0.2, 0.25) is 0 Å². The first-order chi connectivity index (χ1) is 15.5. The zero-order chi connectivity index (χ0) is 23.9. The van der Waals surface area contributed by atoms with E-state index in [1.807, 2.05) is 51.1 Å². The van der Waals surface area contributed by atoms with E-state index in [2.05, 4.69) is 21.2 Å². The number of carboxylic acids is 1. The molecular weight excluding hydrogens is 489 g/mol. The van der Waals surface area contributed by atoms with Crippen molar-refractivity contribution in [3.63, 3.8) is 0 Å². The second-order valence-electron chi connectivity index (χ2n) is 8.42. The number of aryl methyl sites for hydroxylation is 1. The van der Waals surface area contributed by atoms with Crippen molar-refractivity contribution >= 4 is 39.1 Å². The van der Waals surface area contributed by atoms with E-state index < -0.39 is 28.9 Å². The van der Waals surface area contributed by atoms with E-state index in [9.17, 15) is 14.0 Å². The number of benzene rings is 3. The number of hydrogen-bond acceptors (Lipinski definition) is 3. The minimum absolute atomic E-state index is 0.156. The van der Waals surface area contributed by atoms with Gasteiger partial charge in [0.25, 0.3) is 5.91 Å². The van der Waals surface area contributed by atoms with Crippen molar-refractivity contribution in [3.8, 4) is 5.75 Å². The van der Waals surface area contributed by atoms with Crippen LogP contribution in [0.25, 0.3) is 5.57 Å². The Balaban J connectivity index is 1.72. The van der Waals surface area contributed by atoms with Gasteiger partial charge in [0, 0.05) is 16.8 Å². The van der Waals surface area contributed by atoms with E-state index in [0.29, 0.717) is 15.8 Å². The predicted molar refractivity (Wildman–Crippen MR) is 128 cm³/mol. The summed E-state index contributed by atoms with van der Waals surface area (Å²) < 4.78 is 20.8. The van der Waals surface area contributed by atoms with Gasteiger partial charge in [-0.3, -0.25) is 4.79 Å². The standard InChI is InChI=1S/C26H21BrFNO4/c1-14-4-6-15(7-5-14)20-13-26(2,3)33-23-19(20)10-16(11-21(23)27)24(30)29-17-8-9-18(25(31)32)22(28)12-17/h4-13H,1-3H3,(H,29,30)(H,31,32). The Labute approximate surface area is 199 Å². The average Bonchev–Trinajstić information content (AvgIpc) is 2.73. The number of ether oxygens (including phenoxy) is 1. The summed E-state index contributed by atoms with van der Waals surface area (Å²) in [5.41, 5.74) is 3.31. The molecule has 0 unspecified atom stereocenters. The number of nitrogens with one attached hydrogen (secondary N) is 1. The maximum absolute atomic E-state index is 14.0. The molecule has 3 aromatic carbocycles. The average molecular weight is 510 g/mol. The molecule has 0 spiro atoms. The summed E-state index contributed by atoms with van der Waals surface area (Å²) in [5, 5.41) is 11.6. The molecule has 0 aliphatic carbocycles. The van der Waals surface area contributed by atoms with Crippen LogP contribution in [0.5, 0.6) is 5.75 Å². The Bertz CT molecular complexity index is 1310. The lowest BCUT2D eigenvalue weighted by atomic mass is 9.88. The monoisotopic (exact) mass is 509 g/mol. The Morgan fingerprint density at radius 1 is 1.06 bits per heavy atom. The molecule has 4 rings (SSSR count). The molecule has 3 aromatic rings. The van der Waals surface area contributed by atoms with Crippen molar-refractivity contribution in [2.45, 2.75) is 26.4 Å². The van der Waals surface area contributed by atoms with Crippen LogP contribution in [-0.2, 0) is 0 Å². The zero-order valence-electron chi connectivity index (χ0n) is 18.2. The summed E-state index contributed by atoms with van der Waals surface area (Å²) in [5.74, 6) is -2.13. The minimum atomic E-state index is -1.37.